The normalized spacial score (nSPS) is 10.8. The van der Waals surface area contributed by atoms with Gasteiger partial charge >= 0.3 is 5.69 Å². The van der Waals surface area contributed by atoms with Crippen LogP contribution >= 0.6 is 11.3 Å². The van der Waals surface area contributed by atoms with E-state index < -0.39 is 11.2 Å². The van der Waals surface area contributed by atoms with Crippen LogP contribution in [0.4, 0.5) is 21.0 Å². The van der Waals surface area contributed by atoms with E-state index in [1.54, 1.807) is 31.4 Å². The van der Waals surface area contributed by atoms with Gasteiger partial charge in [0.15, 0.2) is 5.13 Å². The largest absolute Gasteiger partial charge is 0.384 e. The molecule has 0 aliphatic rings. The minimum atomic E-state index is -0.592. The second-order valence-electron chi connectivity index (χ2n) is 5.39. The van der Waals surface area contributed by atoms with Crippen molar-refractivity contribution in [1.82, 2.24) is 14.5 Å². The van der Waals surface area contributed by atoms with Crippen molar-refractivity contribution in [2.75, 3.05) is 11.1 Å². The van der Waals surface area contributed by atoms with Gasteiger partial charge in [-0.2, -0.15) is 0 Å². The maximum absolute atomic E-state index is 13.6. The molecule has 0 fully saturated rings. The number of hydrogen-bond acceptors (Lipinski definition) is 6. The third-order valence-corrected chi connectivity index (χ3v) is 4.50. The Hall–Kier alpha value is -2.94. The highest BCUT2D eigenvalue weighted by Gasteiger charge is 2.16. The molecule has 0 bridgehead atoms. The van der Waals surface area contributed by atoms with Gasteiger partial charge in [0, 0.05) is 17.6 Å². The van der Waals surface area contributed by atoms with E-state index in [4.69, 9.17) is 5.73 Å². The van der Waals surface area contributed by atoms with Gasteiger partial charge in [-0.05, 0) is 31.5 Å². The van der Waals surface area contributed by atoms with Gasteiger partial charge in [-0.3, -0.25) is 14.3 Å². The number of nitrogens with two attached hydrogens (primary N) is 1. The van der Waals surface area contributed by atoms with Crippen molar-refractivity contribution < 1.29 is 4.39 Å². The first-order chi connectivity index (χ1) is 11.9. The van der Waals surface area contributed by atoms with Crippen molar-refractivity contribution in [2.24, 2.45) is 0 Å². The first-order valence-corrected chi connectivity index (χ1v) is 8.40. The van der Waals surface area contributed by atoms with Crippen LogP contribution in [0.25, 0.3) is 11.3 Å². The summed E-state index contributed by atoms with van der Waals surface area (Å²) in [4.78, 5) is 30.4. The number of aromatic amines is 1. The molecular formula is C16H16FN5O2S. The highest BCUT2D eigenvalue weighted by Crippen LogP contribution is 2.28. The van der Waals surface area contributed by atoms with E-state index >= 15 is 0 Å². The van der Waals surface area contributed by atoms with Crippen LogP contribution in [0.1, 0.15) is 12.5 Å². The predicted octanol–water partition coefficient (Wildman–Crippen LogP) is 2.45. The Kier molecular flexibility index (Phi) is 4.41. The fourth-order valence-electron chi connectivity index (χ4n) is 2.39. The molecule has 25 heavy (non-hydrogen) atoms. The molecule has 3 aromatic rings. The van der Waals surface area contributed by atoms with Gasteiger partial charge in [-0.15, -0.1) is 11.3 Å². The molecule has 4 N–H and O–H groups in total. The van der Waals surface area contributed by atoms with E-state index in [0.29, 0.717) is 28.6 Å². The molecule has 0 amide bonds. The lowest BCUT2D eigenvalue weighted by Crippen LogP contribution is -2.32. The molecule has 0 spiro atoms. The van der Waals surface area contributed by atoms with Crippen LogP contribution in [-0.4, -0.2) is 14.5 Å². The summed E-state index contributed by atoms with van der Waals surface area (Å²) in [5.41, 5.74) is 6.39. The second kappa shape index (κ2) is 6.52. The van der Waals surface area contributed by atoms with Crippen molar-refractivity contribution in [2.45, 2.75) is 20.4 Å². The highest BCUT2D eigenvalue weighted by atomic mass is 32.1. The van der Waals surface area contributed by atoms with Crippen molar-refractivity contribution in [3.8, 4) is 11.3 Å². The number of nitrogens with zero attached hydrogens (tertiary/aromatic N) is 2. The summed E-state index contributed by atoms with van der Waals surface area (Å²) < 4.78 is 14.9. The number of halogens is 1. The van der Waals surface area contributed by atoms with Crippen LogP contribution in [0, 0.1) is 12.7 Å². The van der Waals surface area contributed by atoms with E-state index in [9.17, 15) is 14.0 Å². The molecule has 7 nitrogen and oxygen atoms in total. The van der Waals surface area contributed by atoms with E-state index in [1.165, 1.54) is 22.0 Å². The average molecular weight is 361 g/mol. The number of H-pyrrole nitrogens is 1. The number of rotatable bonds is 4. The first kappa shape index (κ1) is 16.9. The molecule has 2 heterocycles. The zero-order chi connectivity index (χ0) is 18.1. The van der Waals surface area contributed by atoms with Crippen LogP contribution in [0.15, 0.2) is 33.2 Å². The molecular weight excluding hydrogens is 345 g/mol. The lowest BCUT2D eigenvalue weighted by Gasteiger charge is -2.09. The highest BCUT2D eigenvalue weighted by molar-refractivity contribution is 7.14. The molecule has 130 valence electrons. The predicted molar refractivity (Wildman–Crippen MR) is 96.9 cm³/mol. The molecule has 0 atom stereocenters. The maximum Gasteiger partial charge on any atom is 0.329 e. The topological polar surface area (TPSA) is 106 Å². The lowest BCUT2D eigenvalue weighted by atomic mass is 10.2. The Morgan fingerprint density at radius 2 is 2.16 bits per heavy atom. The minimum Gasteiger partial charge on any atom is -0.384 e. The number of hydrogen-bond donors (Lipinski definition) is 3. The fourth-order valence-corrected chi connectivity index (χ4v) is 3.11. The molecule has 9 heteroatoms. The van der Waals surface area contributed by atoms with Gasteiger partial charge in [0.25, 0.3) is 5.56 Å². The van der Waals surface area contributed by atoms with Crippen molar-refractivity contribution in [1.29, 1.82) is 0 Å². The van der Waals surface area contributed by atoms with Gasteiger partial charge < -0.3 is 11.1 Å². The summed E-state index contributed by atoms with van der Waals surface area (Å²) in [5.74, 6) is -0.257. The Balaban J connectivity index is 1.98. The number of nitrogens with one attached hydrogen (secondary N) is 2. The molecule has 3 rings (SSSR count). The van der Waals surface area contributed by atoms with Crippen molar-refractivity contribution in [3.63, 3.8) is 0 Å². The van der Waals surface area contributed by atoms with E-state index in [0.717, 1.165) is 0 Å². The average Bonchev–Trinajstić information content (AvgIpc) is 2.99. The van der Waals surface area contributed by atoms with Crippen molar-refractivity contribution >= 4 is 28.0 Å². The molecule has 0 aliphatic carbocycles. The zero-order valence-corrected chi connectivity index (χ0v) is 14.4. The molecule has 0 radical (unpaired) electrons. The van der Waals surface area contributed by atoms with Crippen LogP contribution in [0.2, 0.25) is 0 Å². The quantitative estimate of drug-likeness (QED) is 0.662. The fraction of sp³-hybridized carbons (Fsp3) is 0.188. The zero-order valence-electron chi connectivity index (χ0n) is 13.6. The third-order valence-electron chi connectivity index (χ3n) is 3.74. The van der Waals surface area contributed by atoms with Crippen LogP contribution in [0.5, 0.6) is 0 Å². The molecule has 0 saturated heterocycles. The number of anilines is 3. The van der Waals surface area contributed by atoms with Crippen LogP contribution < -0.4 is 22.3 Å². The SMILES string of the molecule is CCn1c(N)c(-c2csc(Nc3ccc(C)c(F)c3)n2)c(=O)[nH]c1=O. The molecule has 0 saturated carbocycles. The van der Waals surface area contributed by atoms with E-state index in [1.807, 2.05) is 0 Å². The van der Waals surface area contributed by atoms with E-state index in [-0.39, 0.29) is 17.2 Å². The molecule has 1 aromatic carbocycles. The van der Waals surface area contributed by atoms with Gasteiger partial charge in [0.05, 0.1) is 5.69 Å². The van der Waals surface area contributed by atoms with E-state index in [2.05, 4.69) is 15.3 Å². The second-order valence-corrected chi connectivity index (χ2v) is 6.25. The van der Waals surface area contributed by atoms with Gasteiger partial charge in [0.1, 0.15) is 17.2 Å². The number of aryl methyl sites for hydroxylation is 1. The molecule has 0 unspecified atom stereocenters. The lowest BCUT2D eigenvalue weighted by molar-refractivity contribution is 0.619. The Morgan fingerprint density at radius 1 is 1.40 bits per heavy atom. The number of benzene rings is 1. The Morgan fingerprint density at radius 3 is 2.84 bits per heavy atom. The maximum atomic E-state index is 13.6. The third kappa shape index (κ3) is 3.18. The summed E-state index contributed by atoms with van der Waals surface area (Å²) >= 11 is 1.24. The Labute approximate surface area is 146 Å². The first-order valence-electron chi connectivity index (χ1n) is 7.52. The van der Waals surface area contributed by atoms with Gasteiger partial charge in [-0.25, -0.2) is 14.2 Å². The summed E-state index contributed by atoms with van der Waals surface area (Å²) in [6.07, 6.45) is 0. The van der Waals surface area contributed by atoms with Crippen LogP contribution in [-0.2, 0) is 6.54 Å². The van der Waals surface area contributed by atoms with Gasteiger partial charge in [0.2, 0.25) is 0 Å². The smallest absolute Gasteiger partial charge is 0.329 e. The number of nitrogen functional groups attached to an aromatic ring is 1. The standard InChI is InChI=1S/C16H16FN5O2S/c1-3-22-13(18)12(14(23)21-16(22)24)11-7-25-15(20-11)19-9-5-4-8(2)10(17)6-9/h4-7H,3,18H2,1-2H3,(H,19,20)(H,21,23,24). The molecule has 0 aliphatic heterocycles. The van der Waals surface area contributed by atoms with Gasteiger partial charge in [-0.1, -0.05) is 6.07 Å². The number of aromatic nitrogens is 3. The summed E-state index contributed by atoms with van der Waals surface area (Å²) in [6, 6.07) is 4.76. The Bertz CT molecular complexity index is 1050. The van der Waals surface area contributed by atoms with Crippen molar-refractivity contribution in [3.05, 3.63) is 55.8 Å². The monoisotopic (exact) mass is 361 g/mol. The summed E-state index contributed by atoms with van der Waals surface area (Å²) in [6.45, 7) is 3.75. The summed E-state index contributed by atoms with van der Waals surface area (Å²) in [5, 5.41) is 5.12. The molecule has 2 aromatic heterocycles. The number of thiazole rings is 1. The summed E-state index contributed by atoms with van der Waals surface area (Å²) in [7, 11) is 0. The minimum absolute atomic E-state index is 0.0643. The van der Waals surface area contributed by atoms with Crippen LogP contribution in [0.3, 0.4) is 0 Å².